The summed E-state index contributed by atoms with van der Waals surface area (Å²) in [4.78, 5) is 2.60. The van der Waals surface area contributed by atoms with Crippen molar-refractivity contribution in [2.45, 2.75) is 64.3 Å². The van der Waals surface area contributed by atoms with Crippen molar-refractivity contribution in [3.8, 4) is 0 Å². The van der Waals surface area contributed by atoms with Crippen LogP contribution in [0, 0.1) is 5.41 Å². The molecule has 0 radical (unpaired) electrons. The Morgan fingerprint density at radius 3 is 2.06 bits per heavy atom. The monoisotopic (exact) mass is 224 g/mol. The predicted octanol–water partition coefficient (Wildman–Crippen LogP) is 2.77. The van der Waals surface area contributed by atoms with Crippen LogP contribution in [0.2, 0.25) is 0 Å². The van der Waals surface area contributed by atoms with E-state index in [0.717, 1.165) is 12.0 Å². The van der Waals surface area contributed by atoms with Gasteiger partial charge >= 0.3 is 0 Å². The summed E-state index contributed by atoms with van der Waals surface area (Å²) in [5.41, 5.74) is 6.79. The molecule has 0 aromatic rings. The lowest BCUT2D eigenvalue weighted by molar-refractivity contribution is 0.0185. The molecule has 2 fully saturated rings. The number of piperidine rings is 1. The number of likely N-dealkylation sites (tertiary alicyclic amines) is 1. The minimum Gasteiger partial charge on any atom is -0.329 e. The van der Waals surface area contributed by atoms with Crippen molar-refractivity contribution < 1.29 is 0 Å². The molecule has 0 aromatic heterocycles. The molecule has 2 aliphatic rings. The molecule has 2 rings (SSSR count). The molecule has 2 N–H and O–H groups in total. The Morgan fingerprint density at radius 1 is 1.00 bits per heavy atom. The average Bonchev–Trinajstić information content (AvgIpc) is 2.31. The van der Waals surface area contributed by atoms with Crippen molar-refractivity contribution >= 4 is 0 Å². The van der Waals surface area contributed by atoms with Gasteiger partial charge in [0, 0.05) is 12.1 Å². The van der Waals surface area contributed by atoms with Crippen LogP contribution in [0.25, 0.3) is 0 Å². The van der Waals surface area contributed by atoms with Crippen molar-refractivity contribution in [1.29, 1.82) is 0 Å². The van der Waals surface area contributed by atoms with Gasteiger partial charge in [-0.2, -0.15) is 0 Å². The van der Waals surface area contributed by atoms with E-state index in [0.29, 0.717) is 0 Å². The summed E-state index contributed by atoms with van der Waals surface area (Å²) < 4.78 is 0. The molecule has 1 saturated heterocycles. The van der Waals surface area contributed by atoms with Crippen LogP contribution in [0.3, 0.4) is 0 Å². The Bertz CT molecular complexity index is 219. The van der Waals surface area contributed by atoms with E-state index in [1.165, 1.54) is 58.0 Å². The summed E-state index contributed by atoms with van der Waals surface area (Å²) in [5.74, 6) is 0. The fourth-order valence-electron chi connectivity index (χ4n) is 3.52. The first-order valence-electron chi connectivity index (χ1n) is 7.03. The van der Waals surface area contributed by atoms with Crippen LogP contribution in [0.1, 0.15) is 58.8 Å². The van der Waals surface area contributed by atoms with Gasteiger partial charge in [0.25, 0.3) is 0 Å². The molecule has 0 aromatic carbocycles. The SMILES string of the molecule is CC(C)(CN)N1CCC2(CCCCC2)CC1. The minimum atomic E-state index is 0.205. The highest BCUT2D eigenvalue weighted by molar-refractivity contribution is 4.93. The van der Waals surface area contributed by atoms with Crippen LogP contribution < -0.4 is 5.73 Å². The van der Waals surface area contributed by atoms with Crippen LogP contribution in [0.15, 0.2) is 0 Å². The standard InChI is InChI=1S/C14H28N2/c1-13(2,12-15)16-10-8-14(9-11-16)6-4-3-5-7-14/h3-12,15H2,1-2H3. The number of hydrogen-bond donors (Lipinski definition) is 1. The van der Waals surface area contributed by atoms with Gasteiger partial charge in [0.15, 0.2) is 0 Å². The van der Waals surface area contributed by atoms with Gasteiger partial charge in [-0.1, -0.05) is 19.3 Å². The number of rotatable bonds is 2. The highest BCUT2D eigenvalue weighted by Crippen LogP contribution is 2.45. The van der Waals surface area contributed by atoms with E-state index in [-0.39, 0.29) is 5.54 Å². The quantitative estimate of drug-likeness (QED) is 0.781. The molecule has 1 saturated carbocycles. The van der Waals surface area contributed by atoms with Crippen molar-refractivity contribution in [3.63, 3.8) is 0 Å². The Kier molecular flexibility index (Phi) is 3.60. The van der Waals surface area contributed by atoms with E-state index in [4.69, 9.17) is 5.73 Å². The third-order valence-corrected chi connectivity index (χ3v) is 5.09. The summed E-state index contributed by atoms with van der Waals surface area (Å²) in [5, 5.41) is 0. The van der Waals surface area contributed by atoms with Crippen molar-refractivity contribution in [2.75, 3.05) is 19.6 Å². The fraction of sp³-hybridized carbons (Fsp3) is 1.00. The Labute approximate surface area is 101 Å². The topological polar surface area (TPSA) is 29.3 Å². The summed E-state index contributed by atoms with van der Waals surface area (Å²) >= 11 is 0. The summed E-state index contributed by atoms with van der Waals surface area (Å²) in [6.07, 6.45) is 10.2. The maximum Gasteiger partial charge on any atom is 0.0275 e. The zero-order valence-corrected chi connectivity index (χ0v) is 11.1. The van der Waals surface area contributed by atoms with Crippen LogP contribution in [-0.4, -0.2) is 30.1 Å². The predicted molar refractivity (Wildman–Crippen MR) is 69.5 cm³/mol. The lowest BCUT2D eigenvalue weighted by Crippen LogP contribution is -2.54. The van der Waals surface area contributed by atoms with Crippen LogP contribution >= 0.6 is 0 Å². The number of hydrogen-bond acceptors (Lipinski definition) is 2. The first kappa shape index (κ1) is 12.4. The van der Waals surface area contributed by atoms with Crippen LogP contribution in [0.5, 0.6) is 0 Å². The second-order valence-corrected chi connectivity index (χ2v) is 6.56. The van der Waals surface area contributed by atoms with Gasteiger partial charge in [0.1, 0.15) is 0 Å². The molecule has 1 aliphatic heterocycles. The molecule has 0 bridgehead atoms. The fourth-order valence-corrected chi connectivity index (χ4v) is 3.52. The molecule has 94 valence electrons. The Balaban J connectivity index is 1.91. The van der Waals surface area contributed by atoms with Gasteiger partial charge in [0.2, 0.25) is 0 Å². The normalized spacial score (nSPS) is 27.2. The Morgan fingerprint density at radius 2 is 1.56 bits per heavy atom. The second kappa shape index (κ2) is 4.66. The van der Waals surface area contributed by atoms with E-state index in [9.17, 15) is 0 Å². The third kappa shape index (κ3) is 2.43. The number of nitrogens with two attached hydrogens (primary N) is 1. The van der Waals surface area contributed by atoms with Gasteiger partial charge in [-0.3, -0.25) is 4.90 Å². The van der Waals surface area contributed by atoms with Crippen molar-refractivity contribution in [2.24, 2.45) is 11.1 Å². The molecule has 1 spiro atoms. The summed E-state index contributed by atoms with van der Waals surface area (Å²) in [6.45, 7) is 7.88. The molecule has 1 heterocycles. The van der Waals surface area contributed by atoms with Gasteiger partial charge in [0.05, 0.1) is 0 Å². The zero-order valence-electron chi connectivity index (χ0n) is 11.1. The molecule has 0 amide bonds. The Hall–Kier alpha value is -0.0800. The molecule has 1 aliphatic carbocycles. The molecule has 2 nitrogen and oxygen atoms in total. The molecule has 2 heteroatoms. The smallest absolute Gasteiger partial charge is 0.0275 e. The second-order valence-electron chi connectivity index (χ2n) is 6.56. The van der Waals surface area contributed by atoms with Gasteiger partial charge in [-0.05, 0) is 58.0 Å². The maximum absolute atomic E-state index is 5.87. The lowest BCUT2D eigenvalue weighted by Gasteiger charge is -2.49. The lowest BCUT2D eigenvalue weighted by atomic mass is 9.67. The van der Waals surface area contributed by atoms with Crippen molar-refractivity contribution in [1.82, 2.24) is 4.90 Å². The molecule has 0 unspecified atom stereocenters. The van der Waals surface area contributed by atoms with E-state index < -0.39 is 0 Å². The van der Waals surface area contributed by atoms with E-state index in [1.807, 2.05) is 0 Å². The van der Waals surface area contributed by atoms with Crippen LogP contribution in [0.4, 0.5) is 0 Å². The molecule has 16 heavy (non-hydrogen) atoms. The number of nitrogens with zero attached hydrogens (tertiary/aromatic N) is 1. The van der Waals surface area contributed by atoms with Gasteiger partial charge < -0.3 is 5.73 Å². The highest BCUT2D eigenvalue weighted by Gasteiger charge is 2.38. The third-order valence-electron chi connectivity index (χ3n) is 5.09. The van der Waals surface area contributed by atoms with E-state index >= 15 is 0 Å². The highest BCUT2D eigenvalue weighted by atomic mass is 15.2. The first-order valence-corrected chi connectivity index (χ1v) is 7.03. The van der Waals surface area contributed by atoms with E-state index in [1.54, 1.807) is 0 Å². The minimum absolute atomic E-state index is 0.205. The summed E-state index contributed by atoms with van der Waals surface area (Å²) in [6, 6.07) is 0. The largest absolute Gasteiger partial charge is 0.329 e. The zero-order chi connectivity index (χ0) is 11.6. The summed E-state index contributed by atoms with van der Waals surface area (Å²) in [7, 11) is 0. The van der Waals surface area contributed by atoms with Crippen LogP contribution in [-0.2, 0) is 0 Å². The molecular formula is C14H28N2. The van der Waals surface area contributed by atoms with Gasteiger partial charge in [-0.25, -0.2) is 0 Å². The van der Waals surface area contributed by atoms with E-state index in [2.05, 4.69) is 18.7 Å². The first-order chi connectivity index (χ1) is 7.58. The van der Waals surface area contributed by atoms with Gasteiger partial charge in [-0.15, -0.1) is 0 Å². The maximum atomic E-state index is 5.87. The van der Waals surface area contributed by atoms with Crippen molar-refractivity contribution in [3.05, 3.63) is 0 Å². The molecular weight excluding hydrogens is 196 g/mol. The average molecular weight is 224 g/mol. The molecule has 0 atom stereocenters.